The van der Waals surface area contributed by atoms with Gasteiger partial charge in [-0.2, -0.15) is 18.4 Å². The van der Waals surface area contributed by atoms with Gasteiger partial charge in [-0.25, -0.2) is 4.98 Å². The third kappa shape index (κ3) is 12.1. The molecule has 4 aromatic carbocycles. The average Bonchev–Trinajstić information content (AvgIpc) is 4.06. The molecule has 0 aliphatic carbocycles. The van der Waals surface area contributed by atoms with Gasteiger partial charge < -0.3 is 34.6 Å². The zero-order chi connectivity index (χ0) is 52.0. The first-order valence-corrected chi connectivity index (χ1v) is 24.7. The molecule has 0 saturated carbocycles. The molecule has 7 rings (SSSR count). The number of aromatic nitrogens is 1. The largest absolute Gasteiger partial charge is 0.494 e. The fraction of sp³-hybridized carbons (Fsp3) is 0.377. The van der Waals surface area contributed by atoms with Crippen LogP contribution in [0.4, 0.5) is 24.5 Å². The number of alkyl halides is 3. The normalized spacial score (nSPS) is 16.1. The van der Waals surface area contributed by atoms with E-state index in [4.69, 9.17) is 26.4 Å². The van der Waals surface area contributed by atoms with Crippen molar-refractivity contribution in [2.24, 2.45) is 5.41 Å². The lowest BCUT2D eigenvalue weighted by Crippen LogP contribution is -2.57. The number of nitriles is 1. The SMILES string of the molecule is Cc1ncsc1-c1ccc(CNC(=O)[C@@H]2CCCN2C(=O)C(NC(=O)c2ccc(OCCOCCCOc3ccc(N4C(=S)N(c5ccc(C#N)c(C(F)(F)F)c5)C(=O)C4(C)C)cc3)cc2)C(C)(C)C)cc1. The zero-order valence-electron chi connectivity index (χ0n) is 40.8. The number of benzene rings is 4. The number of thiazole rings is 1. The van der Waals surface area contributed by atoms with Gasteiger partial charge in [-0.3, -0.25) is 24.1 Å². The van der Waals surface area contributed by atoms with E-state index in [1.54, 1.807) is 89.6 Å². The van der Waals surface area contributed by atoms with Crippen molar-refractivity contribution in [1.82, 2.24) is 20.5 Å². The Labute approximate surface area is 426 Å². The van der Waals surface area contributed by atoms with Crippen molar-refractivity contribution >= 4 is 63.7 Å². The van der Waals surface area contributed by atoms with Crippen LogP contribution < -0.4 is 29.9 Å². The van der Waals surface area contributed by atoms with Gasteiger partial charge in [0.2, 0.25) is 11.8 Å². The van der Waals surface area contributed by atoms with Gasteiger partial charge in [-0.1, -0.05) is 45.0 Å². The van der Waals surface area contributed by atoms with Gasteiger partial charge >= 0.3 is 6.18 Å². The molecule has 2 N–H and O–H groups in total. The molecule has 1 unspecified atom stereocenters. The number of thiocarbonyl (C=S) groups is 1. The smallest absolute Gasteiger partial charge is 0.417 e. The van der Waals surface area contributed by atoms with E-state index in [0.717, 1.165) is 38.7 Å². The monoisotopic (exact) mass is 1020 g/mol. The molecular weight excluding hydrogens is 968 g/mol. The molecule has 3 heterocycles. The van der Waals surface area contributed by atoms with E-state index >= 15 is 0 Å². The Hall–Kier alpha value is -6.88. The second-order valence-corrected chi connectivity index (χ2v) is 20.2. The molecule has 2 atom stereocenters. The van der Waals surface area contributed by atoms with Gasteiger partial charge in [0.1, 0.15) is 35.7 Å². The highest BCUT2D eigenvalue weighted by Crippen LogP contribution is 2.40. The van der Waals surface area contributed by atoms with Crippen molar-refractivity contribution in [3.63, 3.8) is 0 Å². The quantitative estimate of drug-likeness (QED) is 0.0635. The Morgan fingerprint density at radius 2 is 1.57 bits per heavy atom. The number of amides is 4. The maximum Gasteiger partial charge on any atom is 0.417 e. The molecule has 2 saturated heterocycles. The topological polar surface area (TPSA) is 166 Å². The van der Waals surface area contributed by atoms with Crippen LogP contribution in [0.25, 0.3) is 10.4 Å². The number of carbonyl (C=O) groups is 4. The summed E-state index contributed by atoms with van der Waals surface area (Å²) in [6.07, 6.45) is -3.03. The Kier molecular flexibility index (Phi) is 16.4. The van der Waals surface area contributed by atoms with Crippen LogP contribution in [0.3, 0.4) is 0 Å². The summed E-state index contributed by atoms with van der Waals surface area (Å²) in [5.74, 6) is -0.410. The molecule has 5 aromatic rings. The molecule has 4 amide bonds. The molecule has 0 spiro atoms. The van der Waals surface area contributed by atoms with E-state index in [1.165, 1.54) is 6.07 Å². The summed E-state index contributed by atoms with van der Waals surface area (Å²) >= 11 is 7.21. The van der Waals surface area contributed by atoms with Crippen LogP contribution >= 0.6 is 23.6 Å². The van der Waals surface area contributed by atoms with Crippen molar-refractivity contribution in [1.29, 1.82) is 5.26 Å². The van der Waals surface area contributed by atoms with Gasteiger partial charge in [0.25, 0.3) is 11.8 Å². The van der Waals surface area contributed by atoms with Crippen molar-refractivity contribution in [2.75, 3.05) is 42.8 Å². The van der Waals surface area contributed by atoms with E-state index in [0.29, 0.717) is 74.9 Å². The minimum atomic E-state index is -4.80. The number of nitrogens with one attached hydrogen (secondary N) is 2. The number of aryl methyl sites for hydroxylation is 1. The Morgan fingerprint density at radius 1 is 0.917 bits per heavy atom. The summed E-state index contributed by atoms with van der Waals surface area (Å²) in [7, 11) is 0. The second kappa shape index (κ2) is 22.3. The molecule has 0 radical (unpaired) electrons. The van der Waals surface area contributed by atoms with Crippen LogP contribution in [0.5, 0.6) is 11.5 Å². The highest BCUT2D eigenvalue weighted by molar-refractivity contribution is 7.81. The second-order valence-electron chi connectivity index (χ2n) is 19.0. The van der Waals surface area contributed by atoms with Crippen molar-refractivity contribution in [2.45, 2.75) is 91.1 Å². The van der Waals surface area contributed by atoms with Crippen LogP contribution in [0, 0.1) is 23.7 Å². The fourth-order valence-corrected chi connectivity index (χ4v) is 9.85. The van der Waals surface area contributed by atoms with Gasteiger partial charge in [-0.05, 0) is 129 Å². The van der Waals surface area contributed by atoms with Gasteiger partial charge in [0.05, 0.1) is 52.2 Å². The van der Waals surface area contributed by atoms with Gasteiger partial charge in [-0.15, -0.1) is 11.3 Å². The van der Waals surface area contributed by atoms with Crippen LogP contribution in [-0.4, -0.2) is 89.2 Å². The van der Waals surface area contributed by atoms with Crippen LogP contribution in [0.1, 0.15) is 86.6 Å². The number of halogens is 3. The standard InChI is InChI=1S/C53H56F3N7O7S2/c1-33-44(72-32-59-33)35-12-10-34(11-13-35)31-58-47(65)43-9-7-24-61(43)48(66)45(51(2,3)4)60-46(64)36-15-20-40(21-16-36)70-28-27-68-25-8-26-69-41-22-18-38(19-23-41)63-50(71)62(49(67)52(63,5)6)39-17-14-37(30-57)42(29-39)53(54,55)56/h10-23,29,32,43,45H,7-9,24-28,31H2,1-6H3,(H,58,65)(H,60,64)/t43-,45?/m0/s1. The number of carbonyl (C=O) groups excluding carboxylic acids is 4. The summed E-state index contributed by atoms with van der Waals surface area (Å²) in [5, 5.41) is 15.1. The molecule has 72 heavy (non-hydrogen) atoms. The summed E-state index contributed by atoms with van der Waals surface area (Å²) in [6, 6.07) is 24.5. The number of ether oxygens (including phenoxy) is 3. The van der Waals surface area contributed by atoms with E-state index in [-0.39, 0.29) is 29.2 Å². The molecule has 0 bridgehead atoms. The van der Waals surface area contributed by atoms with Crippen molar-refractivity contribution in [3.8, 4) is 28.0 Å². The summed E-state index contributed by atoms with van der Waals surface area (Å²) < 4.78 is 58.6. The molecular formula is C53H56F3N7O7S2. The molecule has 1 aromatic heterocycles. The average molecular weight is 1020 g/mol. The summed E-state index contributed by atoms with van der Waals surface area (Å²) in [6.45, 7) is 12.9. The van der Waals surface area contributed by atoms with Crippen molar-refractivity contribution < 1.29 is 46.6 Å². The predicted molar refractivity (Wildman–Crippen MR) is 272 cm³/mol. The van der Waals surface area contributed by atoms with Crippen molar-refractivity contribution in [3.05, 3.63) is 124 Å². The maximum atomic E-state index is 14.1. The lowest BCUT2D eigenvalue weighted by atomic mass is 9.85. The Bertz CT molecular complexity index is 2820. The minimum Gasteiger partial charge on any atom is -0.494 e. The summed E-state index contributed by atoms with van der Waals surface area (Å²) in [5.41, 5.74) is 1.99. The first kappa shape index (κ1) is 52.9. The van der Waals surface area contributed by atoms with E-state index in [2.05, 4.69) is 15.6 Å². The van der Waals surface area contributed by atoms with Crippen LogP contribution in [0.15, 0.2) is 96.5 Å². The first-order chi connectivity index (χ1) is 34.2. The third-order valence-electron chi connectivity index (χ3n) is 12.4. The highest BCUT2D eigenvalue weighted by Gasteiger charge is 2.51. The van der Waals surface area contributed by atoms with Crippen LogP contribution in [0.2, 0.25) is 0 Å². The number of hydrogen-bond donors (Lipinski definition) is 2. The van der Waals surface area contributed by atoms with Gasteiger partial charge in [0, 0.05) is 37.4 Å². The fourth-order valence-electron chi connectivity index (χ4n) is 8.52. The third-order valence-corrected chi connectivity index (χ3v) is 13.8. The number of nitrogens with zero attached hydrogens (tertiary/aromatic N) is 5. The molecule has 2 aliphatic heterocycles. The summed E-state index contributed by atoms with van der Waals surface area (Å²) in [4.78, 5) is 64.3. The number of rotatable bonds is 18. The Morgan fingerprint density at radius 3 is 2.19 bits per heavy atom. The lowest BCUT2D eigenvalue weighted by molar-refractivity contribution is -0.141. The molecule has 2 fully saturated rings. The minimum absolute atomic E-state index is 0.00860. The zero-order valence-corrected chi connectivity index (χ0v) is 42.4. The lowest BCUT2D eigenvalue weighted by Gasteiger charge is -2.35. The highest BCUT2D eigenvalue weighted by atomic mass is 32.1. The molecule has 14 nitrogen and oxygen atoms in total. The first-order valence-electron chi connectivity index (χ1n) is 23.4. The molecule has 378 valence electrons. The molecule has 2 aliphatic rings. The number of likely N-dealkylation sites (tertiary alicyclic amines) is 1. The van der Waals surface area contributed by atoms with Gasteiger partial charge in [0.15, 0.2) is 5.11 Å². The maximum absolute atomic E-state index is 14.1. The number of anilines is 2. The van der Waals surface area contributed by atoms with E-state index < -0.39 is 52.2 Å². The predicted octanol–water partition coefficient (Wildman–Crippen LogP) is 9.24. The van der Waals surface area contributed by atoms with E-state index in [9.17, 15) is 37.6 Å². The van der Waals surface area contributed by atoms with E-state index in [1.807, 2.05) is 57.5 Å². The number of hydrogen-bond acceptors (Lipinski definition) is 11. The molecule has 19 heteroatoms. The van der Waals surface area contributed by atoms with Crippen LogP contribution in [-0.2, 0) is 31.8 Å². The Balaban J connectivity index is 0.819.